The lowest BCUT2D eigenvalue weighted by molar-refractivity contribution is -0.0537. The van der Waals surface area contributed by atoms with Crippen LogP contribution >= 0.6 is 0 Å². The number of hydrogen-bond acceptors (Lipinski definition) is 5. The summed E-state index contributed by atoms with van der Waals surface area (Å²) in [6.45, 7) is 8.39. The minimum absolute atomic E-state index is 0.342. The molecule has 1 aliphatic heterocycles. The van der Waals surface area contributed by atoms with Gasteiger partial charge in [-0.1, -0.05) is 29.8 Å². The van der Waals surface area contributed by atoms with Crippen molar-refractivity contribution in [1.82, 2.24) is 14.5 Å². The number of rotatable bonds is 9. The molecule has 0 saturated carbocycles. The van der Waals surface area contributed by atoms with Crippen LogP contribution in [-0.4, -0.2) is 51.5 Å². The number of piperidine rings is 1. The molecule has 1 saturated heterocycles. The summed E-state index contributed by atoms with van der Waals surface area (Å²) in [6, 6.07) is 16.3. The number of nitrogens with zero attached hydrogens (tertiary/aromatic N) is 3. The van der Waals surface area contributed by atoms with E-state index in [0.29, 0.717) is 26.1 Å². The zero-order chi connectivity index (χ0) is 22.4. The second-order valence-corrected chi connectivity index (χ2v) is 8.76. The largest absolute Gasteiger partial charge is 0.492 e. The van der Waals surface area contributed by atoms with Crippen molar-refractivity contribution in [2.75, 3.05) is 26.3 Å². The number of aryl methyl sites for hydroxylation is 2. The number of hydrogen-bond donors (Lipinski definition) is 1. The molecule has 4 rings (SSSR count). The van der Waals surface area contributed by atoms with E-state index < -0.39 is 5.60 Å². The first-order chi connectivity index (χ1) is 15.5. The highest BCUT2D eigenvalue weighted by Gasteiger charge is 2.33. The summed E-state index contributed by atoms with van der Waals surface area (Å²) in [5.41, 5.74) is 1.70. The van der Waals surface area contributed by atoms with E-state index in [2.05, 4.69) is 33.5 Å². The molecular formula is C26H33N3O3. The van der Waals surface area contributed by atoms with Crippen LogP contribution in [0.15, 0.2) is 60.9 Å². The molecule has 6 heteroatoms. The van der Waals surface area contributed by atoms with Crippen molar-refractivity contribution in [1.29, 1.82) is 0 Å². The molecule has 1 fully saturated rings. The van der Waals surface area contributed by atoms with Gasteiger partial charge >= 0.3 is 0 Å². The molecule has 2 aromatic carbocycles. The van der Waals surface area contributed by atoms with E-state index in [1.807, 2.05) is 55.7 Å². The Morgan fingerprint density at radius 1 is 0.938 bits per heavy atom. The molecule has 3 aromatic rings. The Morgan fingerprint density at radius 2 is 1.59 bits per heavy atom. The zero-order valence-electron chi connectivity index (χ0n) is 19.0. The third-order valence-corrected chi connectivity index (χ3v) is 6.17. The van der Waals surface area contributed by atoms with Gasteiger partial charge in [-0.2, -0.15) is 0 Å². The lowest BCUT2D eigenvalue weighted by atomic mass is 9.92. The van der Waals surface area contributed by atoms with Crippen molar-refractivity contribution in [3.05, 3.63) is 77.9 Å². The maximum atomic E-state index is 10.9. The topological polar surface area (TPSA) is 59.8 Å². The highest BCUT2D eigenvalue weighted by Crippen LogP contribution is 2.25. The van der Waals surface area contributed by atoms with Gasteiger partial charge < -0.3 is 19.1 Å². The van der Waals surface area contributed by atoms with E-state index in [1.165, 1.54) is 11.1 Å². The summed E-state index contributed by atoms with van der Waals surface area (Å²) in [6.07, 6.45) is 5.21. The Kier molecular flexibility index (Phi) is 7.12. The summed E-state index contributed by atoms with van der Waals surface area (Å²) >= 11 is 0. The lowest BCUT2D eigenvalue weighted by Crippen LogP contribution is -2.47. The van der Waals surface area contributed by atoms with Crippen LogP contribution in [0.1, 0.15) is 29.8 Å². The van der Waals surface area contributed by atoms with Gasteiger partial charge in [0, 0.05) is 32.0 Å². The second kappa shape index (κ2) is 10.2. The van der Waals surface area contributed by atoms with Gasteiger partial charge in [0.05, 0.1) is 6.54 Å². The van der Waals surface area contributed by atoms with Gasteiger partial charge in [-0.25, -0.2) is 4.98 Å². The Bertz CT molecular complexity index is 974. The van der Waals surface area contributed by atoms with Crippen molar-refractivity contribution in [2.24, 2.45) is 0 Å². The molecule has 0 amide bonds. The van der Waals surface area contributed by atoms with Crippen LogP contribution < -0.4 is 9.47 Å². The summed E-state index contributed by atoms with van der Waals surface area (Å²) < 4.78 is 13.8. The monoisotopic (exact) mass is 435 g/mol. The molecule has 1 aromatic heterocycles. The van der Waals surface area contributed by atoms with Gasteiger partial charge in [-0.05, 0) is 56.5 Å². The van der Waals surface area contributed by atoms with Crippen LogP contribution in [0.2, 0.25) is 0 Å². The Morgan fingerprint density at radius 3 is 2.25 bits per heavy atom. The van der Waals surface area contributed by atoms with Crippen molar-refractivity contribution >= 4 is 0 Å². The fourth-order valence-electron chi connectivity index (χ4n) is 3.98. The molecule has 0 atom stereocenters. The van der Waals surface area contributed by atoms with E-state index >= 15 is 0 Å². The smallest absolute Gasteiger partial charge is 0.119 e. The van der Waals surface area contributed by atoms with E-state index in [1.54, 1.807) is 0 Å². The summed E-state index contributed by atoms with van der Waals surface area (Å²) in [4.78, 5) is 6.61. The van der Waals surface area contributed by atoms with Crippen LogP contribution in [0.4, 0.5) is 0 Å². The number of imidazole rings is 1. The molecule has 0 radical (unpaired) electrons. The quantitative estimate of drug-likeness (QED) is 0.551. The number of ether oxygens (including phenoxy) is 2. The SMILES string of the molecule is Cc1ccc(OCC2(O)CCN(Cc3ccc(OCCn4ccnc4C)cc3)CC2)cc1. The van der Waals surface area contributed by atoms with E-state index in [4.69, 9.17) is 9.47 Å². The molecule has 6 nitrogen and oxygen atoms in total. The van der Waals surface area contributed by atoms with Crippen LogP contribution in [-0.2, 0) is 13.1 Å². The third kappa shape index (κ3) is 6.11. The summed E-state index contributed by atoms with van der Waals surface area (Å²) in [7, 11) is 0. The Balaban J connectivity index is 1.19. The third-order valence-electron chi connectivity index (χ3n) is 6.17. The van der Waals surface area contributed by atoms with Crippen LogP contribution in [0.5, 0.6) is 11.5 Å². The molecule has 0 unspecified atom stereocenters. The minimum Gasteiger partial charge on any atom is -0.492 e. The second-order valence-electron chi connectivity index (χ2n) is 8.76. The van der Waals surface area contributed by atoms with Crippen molar-refractivity contribution in [2.45, 2.75) is 45.4 Å². The van der Waals surface area contributed by atoms with Gasteiger partial charge in [0.1, 0.15) is 36.1 Å². The van der Waals surface area contributed by atoms with Gasteiger partial charge in [0.25, 0.3) is 0 Å². The number of likely N-dealkylation sites (tertiary alicyclic amines) is 1. The minimum atomic E-state index is -0.757. The molecule has 0 aliphatic carbocycles. The zero-order valence-corrected chi connectivity index (χ0v) is 19.0. The Hall–Kier alpha value is -2.83. The average molecular weight is 436 g/mol. The summed E-state index contributed by atoms with van der Waals surface area (Å²) in [5, 5.41) is 10.9. The first-order valence-corrected chi connectivity index (χ1v) is 11.3. The maximum Gasteiger partial charge on any atom is 0.119 e. The maximum absolute atomic E-state index is 10.9. The highest BCUT2D eigenvalue weighted by atomic mass is 16.5. The first-order valence-electron chi connectivity index (χ1n) is 11.3. The fourth-order valence-corrected chi connectivity index (χ4v) is 3.98. The number of aromatic nitrogens is 2. The van der Waals surface area contributed by atoms with Gasteiger partial charge in [0.15, 0.2) is 0 Å². The number of benzene rings is 2. The van der Waals surface area contributed by atoms with Gasteiger partial charge in [0.2, 0.25) is 0 Å². The van der Waals surface area contributed by atoms with Crippen LogP contribution in [0, 0.1) is 13.8 Å². The predicted octanol–water partition coefficient (Wildman–Crippen LogP) is 3.98. The van der Waals surface area contributed by atoms with Crippen molar-refractivity contribution in [3.8, 4) is 11.5 Å². The average Bonchev–Trinajstić information content (AvgIpc) is 3.21. The molecular weight excluding hydrogens is 402 g/mol. The predicted molar refractivity (Wildman–Crippen MR) is 125 cm³/mol. The van der Waals surface area contributed by atoms with Gasteiger partial charge in [-0.3, -0.25) is 4.90 Å². The lowest BCUT2D eigenvalue weighted by Gasteiger charge is -2.38. The van der Waals surface area contributed by atoms with Crippen LogP contribution in [0.25, 0.3) is 0 Å². The molecule has 170 valence electrons. The van der Waals surface area contributed by atoms with E-state index in [-0.39, 0.29) is 0 Å². The molecule has 0 spiro atoms. The summed E-state index contributed by atoms with van der Waals surface area (Å²) in [5.74, 6) is 2.70. The van der Waals surface area contributed by atoms with Crippen molar-refractivity contribution in [3.63, 3.8) is 0 Å². The van der Waals surface area contributed by atoms with Crippen molar-refractivity contribution < 1.29 is 14.6 Å². The molecule has 32 heavy (non-hydrogen) atoms. The Labute approximate surface area is 190 Å². The molecule has 0 bridgehead atoms. The normalized spacial score (nSPS) is 16.1. The van der Waals surface area contributed by atoms with E-state index in [9.17, 15) is 5.11 Å². The molecule has 2 heterocycles. The van der Waals surface area contributed by atoms with E-state index in [0.717, 1.165) is 43.5 Å². The fraction of sp³-hybridized carbons (Fsp3) is 0.423. The highest BCUT2D eigenvalue weighted by molar-refractivity contribution is 5.28. The molecule has 1 N–H and O–H groups in total. The molecule has 1 aliphatic rings. The standard InChI is InChI=1S/C26H33N3O3/c1-21-3-7-25(8-4-21)32-20-26(30)11-14-28(15-12-26)19-23-5-9-24(10-6-23)31-18-17-29-16-13-27-22(29)2/h3-10,13,16,30H,11-12,14-15,17-20H2,1-2H3. The first kappa shape index (κ1) is 22.4. The van der Waals surface area contributed by atoms with Gasteiger partial charge in [-0.15, -0.1) is 0 Å². The number of aliphatic hydroxyl groups is 1. The van der Waals surface area contributed by atoms with Crippen LogP contribution in [0.3, 0.4) is 0 Å².